The van der Waals surface area contributed by atoms with Gasteiger partial charge in [-0.3, -0.25) is 14.9 Å². The number of benzene rings is 1. The van der Waals surface area contributed by atoms with Crippen molar-refractivity contribution in [3.63, 3.8) is 0 Å². The second-order valence-electron chi connectivity index (χ2n) is 4.54. The summed E-state index contributed by atoms with van der Waals surface area (Å²) in [4.78, 5) is 18.1. The fourth-order valence-electron chi connectivity index (χ4n) is 1.71. The number of nitrogens with two attached hydrogens (primary N) is 2. The second kappa shape index (κ2) is 5.39. The molecule has 10 heteroatoms. The van der Waals surface area contributed by atoms with E-state index in [4.69, 9.17) is 11.5 Å². The molecule has 0 heterocycles. The summed E-state index contributed by atoms with van der Waals surface area (Å²) in [7, 11) is -4.62. The van der Waals surface area contributed by atoms with Crippen LogP contribution in [0.4, 0.5) is 5.69 Å². The minimum Gasteiger partial charge on any atom is -0.390 e. The molecule has 1 aromatic carbocycles. The number of aryl methyl sites for hydroxylation is 1. The van der Waals surface area contributed by atoms with Gasteiger partial charge in [0.1, 0.15) is 0 Å². The summed E-state index contributed by atoms with van der Waals surface area (Å²) < 4.78 is 24.8. The third-order valence-corrected chi connectivity index (χ3v) is 5.44. The number of nitro benzene ring substituents is 1. The molecule has 1 rings (SSSR count). The van der Waals surface area contributed by atoms with Gasteiger partial charge >= 0.3 is 0 Å². The zero-order valence-electron chi connectivity index (χ0n) is 11.3. The zero-order valence-corrected chi connectivity index (χ0v) is 12.1. The number of carbonyl (C=O) groups excluding carboxylic acids is 1. The van der Waals surface area contributed by atoms with Crippen LogP contribution in [0.1, 0.15) is 12.5 Å². The Labute approximate surface area is 120 Å². The van der Waals surface area contributed by atoms with Gasteiger partial charge < -0.3 is 16.6 Å². The number of hydrogen-bond acceptors (Lipinski definition) is 7. The third kappa shape index (κ3) is 2.60. The molecule has 1 aromatic rings. The average Bonchev–Trinajstić information content (AvgIpc) is 2.36. The number of aliphatic hydroxyl groups excluding tert-OH is 1. The first-order valence-electron chi connectivity index (χ1n) is 5.72. The van der Waals surface area contributed by atoms with E-state index in [1.807, 2.05) is 0 Å². The van der Waals surface area contributed by atoms with Crippen LogP contribution in [0, 0.1) is 17.0 Å². The number of nitro groups is 1. The fourth-order valence-corrected chi connectivity index (χ4v) is 3.33. The van der Waals surface area contributed by atoms with E-state index in [0.29, 0.717) is 0 Å². The van der Waals surface area contributed by atoms with Crippen molar-refractivity contribution >= 4 is 21.4 Å². The molecule has 116 valence electrons. The van der Waals surface area contributed by atoms with E-state index in [9.17, 15) is 28.4 Å². The smallest absolute Gasteiger partial charge is 0.273 e. The maximum atomic E-state index is 12.4. The van der Waals surface area contributed by atoms with E-state index >= 15 is 0 Å². The zero-order chi connectivity index (χ0) is 16.6. The van der Waals surface area contributed by atoms with E-state index < -0.39 is 42.2 Å². The standard InChI is InChI=1S/C11H15N3O6S/c1-6-3-4-8(5-9(6)14(17)18)21(19,20)11(13,7(2)15)10(12)16/h3-5,7,15H,13H2,1-2H3,(H2,12,16)/t7-,11-/m1/s1. The molecule has 5 N–H and O–H groups in total. The van der Waals surface area contributed by atoms with Gasteiger partial charge in [0.2, 0.25) is 14.7 Å². The predicted molar refractivity (Wildman–Crippen MR) is 72.8 cm³/mol. The van der Waals surface area contributed by atoms with E-state index in [-0.39, 0.29) is 5.56 Å². The summed E-state index contributed by atoms with van der Waals surface area (Å²) in [6.45, 7) is 2.41. The summed E-state index contributed by atoms with van der Waals surface area (Å²) in [5, 5.41) is 20.4. The first-order chi connectivity index (χ1) is 9.46. The van der Waals surface area contributed by atoms with Crippen molar-refractivity contribution in [1.82, 2.24) is 0 Å². The normalized spacial score (nSPS) is 16.0. The topological polar surface area (TPSA) is 167 Å². The van der Waals surface area contributed by atoms with Crippen molar-refractivity contribution in [1.29, 1.82) is 0 Å². The Morgan fingerprint density at radius 3 is 2.38 bits per heavy atom. The molecule has 0 aliphatic heterocycles. The molecule has 0 spiro atoms. The van der Waals surface area contributed by atoms with E-state index in [2.05, 4.69) is 0 Å². The van der Waals surface area contributed by atoms with Gasteiger partial charge in [-0.05, 0) is 19.9 Å². The van der Waals surface area contributed by atoms with E-state index in [0.717, 1.165) is 19.1 Å². The molecular formula is C11H15N3O6S. The summed E-state index contributed by atoms with van der Waals surface area (Å²) in [5.74, 6) is -1.46. The SMILES string of the molecule is Cc1ccc(S(=O)(=O)[C@@](N)(C(N)=O)[C@@H](C)O)cc1[N+](=O)[O-]. The van der Waals surface area contributed by atoms with Crippen LogP contribution in [-0.2, 0) is 14.6 Å². The molecule has 0 aromatic heterocycles. The van der Waals surface area contributed by atoms with Crippen molar-refractivity contribution in [2.45, 2.75) is 29.7 Å². The van der Waals surface area contributed by atoms with Crippen LogP contribution in [-0.4, -0.2) is 35.3 Å². The number of aliphatic hydroxyl groups is 1. The van der Waals surface area contributed by atoms with Gasteiger partial charge in [0.05, 0.1) is 15.9 Å². The van der Waals surface area contributed by atoms with Gasteiger partial charge in [-0.15, -0.1) is 0 Å². The number of hydrogen-bond donors (Lipinski definition) is 3. The summed E-state index contributed by atoms with van der Waals surface area (Å²) in [6.07, 6.45) is -1.81. The fraction of sp³-hybridized carbons (Fsp3) is 0.364. The molecule has 0 aliphatic rings. The van der Waals surface area contributed by atoms with Gasteiger partial charge in [0.15, 0.2) is 0 Å². The molecule has 0 unspecified atom stereocenters. The lowest BCUT2D eigenvalue weighted by atomic mass is 10.2. The minimum atomic E-state index is -4.62. The lowest BCUT2D eigenvalue weighted by Crippen LogP contribution is -2.64. The van der Waals surface area contributed by atoms with Crippen molar-refractivity contribution in [2.24, 2.45) is 11.5 Å². The molecule has 2 atom stereocenters. The monoisotopic (exact) mass is 317 g/mol. The number of primary amides is 1. The molecule has 0 aliphatic carbocycles. The van der Waals surface area contributed by atoms with E-state index in [1.54, 1.807) is 0 Å². The highest BCUT2D eigenvalue weighted by Gasteiger charge is 2.51. The summed E-state index contributed by atoms with van der Waals surface area (Å²) in [5.41, 5.74) is 10.2. The van der Waals surface area contributed by atoms with Gasteiger partial charge in [-0.1, -0.05) is 6.07 Å². The number of rotatable bonds is 5. The van der Waals surface area contributed by atoms with Crippen molar-refractivity contribution in [3.05, 3.63) is 33.9 Å². The van der Waals surface area contributed by atoms with Gasteiger partial charge in [-0.25, -0.2) is 8.42 Å². The molecule has 1 amide bonds. The van der Waals surface area contributed by atoms with Gasteiger partial charge in [-0.2, -0.15) is 0 Å². The van der Waals surface area contributed by atoms with E-state index in [1.165, 1.54) is 13.0 Å². The number of carbonyl (C=O) groups is 1. The highest BCUT2D eigenvalue weighted by molar-refractivity contribution is 7.93. The molecule has 0 saturated carbocycles. The maximum absolute atomic E-state index is 12.4. The van der Waals surface area contributed by atoms with Crippen LogP contribution in [0.15, 0.2) is 23.1 Å². The van der Waals surface area contributed by atoms with Crippen LogP contribution in [0.5, 0.6) is 0 Å². The number of sulfone groups is 1. The lowest BCUT2D eigenvalue weighted by molar-refractivity contribution is -0.385. The average molecular weight is 317 g/mol. The largest absolute Gasteiger partial charge is 0.390 e. The number of nitrogens with zero attached hydrogens (tertiary/aromatic N) is 1. The Morgan fingerprint density at radius 1 is 1.48 bits per heavy atom. The van der Waals surface area contributed by atoms with Crippen LogP contribution in [0.2, 0.25) is 0 Å². The van der Waals surface area contributed by atoms with Crippen LogP contribution in [0.3, 0.4) is 0 Å². The Morgan fingerprint density at radius 2 is 2.00 bits per heavy atom. The maximum Gasteiger partial charge on any atom is 0.273 e. The summed E-state index contributed by atoms with van der Waals surface area (Å²) >= 11 is 0. The molecular weight excluding hydrogens is 302 g/mol. The summed E-state index contributed by atoms with van der Waals surface area (Å²) in [6, 6.07) is 3.04. The predicted octanol–water partition coefficient (Wildman–Crippen LogP) is -0.802. The van der Waals surface area contributed by atoms with Crippen molar-refractivity contribution < 1.29 is 23.2 Å². The first-order valence-corrected chi connectivity index (χ1v) is 7.21. The molecule has 0 radical (unpaired) electrons. The third-order valence-electron chi connectivity index (χ3n) is 3.14. The molecule has 0 bridgehead atoms. The highest BCUT2D eigenvalue weighted by atomic mass is 32.2. The minimum absolute atomic E-state index is 0.234. The van der Waals surface area contributed by atoms with Crippen molar-refractivity contribution in [2.75, 3.05) is 0 Å². The number of amides is 1. The van der Waals surface area contributed by atoms with Gasteiger partial charge in [0.25, 0.3) is 11.6 Å². The van der Waals surface area contributed by atoms with Crippen LogP contribution in [0.25, 0.3) is 0 Å². The molecule has 9 nitrogen and oxygen atoms in total. The van der Waals surface area contributed by atoms with Crippen LogP contribution >= 0.6 is 0 Å². The highest BCUT2D eigenvalue weighted by Crippen LogP contribution is 2.29. The second-order valence-corrected chi connectivity index (χ2v) is 6.70. The Balaban J connectivity index is 3.62. The Hall–Kier alpha value is -2.04. The van der Waals surface area contributed by atoms with Crippen LogP contribution < -0.4 is 11.5 Å². The molecule has 0 fully saturated rings. The molecule has 21 heavy (non-hydrogen) atoms. The quantitative estimate of drug-likeness (QED) is 0.472. The lowest BCUT2D eigenvalue weighted by Gasteiger charge is -2.28. The Kier molecular flexibility index (Phi) is 4.37. The van der Waals surface area contributed by atoms with Crippen molar-refractivity contribution in [3.8, 4) is 0 Å². The first kappa shape index (κ1) is 17.0. The Bertz CT molecular complexity index is 700. The molecule has 0 saturated heterocycles. The van der Waals surface area contributed by atoms with Gasteiger partial charge in [0, 0.05) is 11.6 Å².